The predicted octanol–water partition coefficient (Wildman–Crippen LogP) is 3.18. The van der Waals surface area contributed by atoms with E-state index < -0.39 is 0 Å². The molecule has 1 saturated carbocycles. The van der Waals surface area contributed by atoms with Crippen molar-refractivity contribution in [2.24, 2.45) is 10.8 Å². The first-order chi connectivity index (χ1) is 9.28. The van der Waals surface area contributed by atoms with Crippen LogP contribution < -0.4 is 5.73 Å². The molecule has 0 atom stereocenters. The van der Waals surface area contributed by atoms with Gasteiger partial charge in [0, 0.05) is 5.56 Å². The third kappa shape index (κ3) is 1.59. The Kier molecular flexibility index (Phi) is 2.64. The quantitative estimate of drug-likeness (QED) is 0.863. The maximum absolute atomic E-state index is 6.09. The molecular weight excluding hydrogens is 274 g/mol. The number of nitrogens with two attached hydrogens (primary N) is 1. The molecular formula is C14H18ClN5. The normalized spacial score (nSPS) is 20.1. The number of nitrogens with zero attached hydrogens (tertiary/aromatic N) is 4. The van der Waals surface area contributed by atoms with E-state index in [1.54, 1.807) is 6.07 Å². The molecule has 1 fully saturated rings. The Balaban J connectivity index is 2.11. The second-order valence-corrected chi connectivity index (χ2v) is 6.90. The number of tetrazole rings is 1. The van der Waals surface area contributed by atoms with E-state index in [0.717, 1.165) is 5.56 Å². The number of hydrogen-bond acceptors (Lipinski definition) is 4. The molecule has 1 heterocycles. The van der Waals surface area contributed by atoms with Gasteiger partial charge in [-0.05, 0) is 33.4 Å². The van der Waals surface area contributed by atoms with Crippen molar-refractivity contribution >= 4 is 17.3 Å². The summed E-state index contributed by atoms with van der Waals surface area (Å²) in [5.41, 5.74) is 7.64. The van der Waals surface area contributed by atoms with Crippen molar-refractivity contribution in [3.63, 3.8) is 0 Å². The lowest BCUT2D eigenvalue weighted by Crippen LogP contribution is -2.06. The summed E-state index contributed by atoms with van der Waals surface area (Å²) in [6.07, 6.45) is 0. The van der Waals surface area contributed by atoms with Gasteiger partial charge in [0.05, 0.1) is 16.8 Å². The van der Waals surface area contributed by atoms with Crippen LogP contribution >= 0.6 is 11.6 Å². The van der Waals surface area contributed by atoms with Crippen LogP contribution in [0.1, 0.15) is 33.7 Å². The summed E-state index contributed by atoms with van der Waals surface area (Å²) >= 11 is 6.09. The summed E-state index contributed by atoms with van der Waals surface area (Å²) in [6, 6.07) is 5.76. The van der Waals surface area contributed by atoms with Crippen molar-refractivity contribution in [2.45, 2.75) is 33.7 Å². The number of anilines is 1. The highest BCUT2D eigenvalue weighted by atomic mass is 35.5. The van der Waals surface area contributed by atoms with Crippen molar-refractivity contribution in [1.82, 2.24) is 20.2 Å². The summed E-state index contributed by atoms with van der Waals surface area (Å²) in [7, 11) is 0. The molecule has 0 radical (unpaired) electrons. The highest BCUT2D eigenvalue weighted by molar-refractivity contribution is 6.33. The Morgan fingerprint density at radius 2 is 1.85 bits per heavy atom. The molecule has 1 aliphatic carbocycles. The lowest BCUT2D eigenvalue weighted by molar-refractivity contribution is 0.457. The van der Waals surface area contributed by atoms with Crippen LogP contribution in [0.15, 0.2) is 18.2 Å². The molecule has 1 aromatic carbocycles. The summed E-state index contributed by atoms with van der Waals surface area (Å²) in [5.74, 6) is 0.675. The Morgan fingerprint density at radius 1 is 1.20 bits per heavy atom. The molecule has 0 aliphatic heterocycles. The summed E-state index contributed by atoms with van der Waals surface area (Å²) in [5, 5.41) is 12.7. The molecule has 6 heteroatoms. The first kappa shape index (κ1) is 13.4. The van der Waals surface area contributed by atoms with Gasteiger partial charge >= 0.3 is 0 Å². The maximum Gasteiger partial charge on any atom is 0.184 e. The molecule has 0 unspecified atom stereocenters. The predicted molar refractivity (Wildman–Crippen MR) is 79.3 cm³/mol. The number of aromatic nitrogens is 4. The largest absolute Gasteiger partial charge is 0.397 e. The topological polar surface area (TPSA) is 69.6 Å². The third-order valence-electron chi connectivity index (χ3n) is 4.98. The molecule has 2 aromatic rings. The van der Waals surface area contributed by atoms with Crippen LogP contribution in [0.4, 0.5) is 5.69 Å². The van der Waals surface area contributed by atoms with Crippen LogP contribution in [-0.4, -0.2) is 20.2 Å². The molecule has 0 spiro atoms. The number of halogens is 1. The van der Waals surface area contributed by atoms with Gasteiger partial charge in [-0.3, -0.25) is 0 Å². The second kappa shape index (κ2) is 3.95. The van der Waals surface area contributed by atoms with Crippen LogP contribution in [-0.2, 0) is 0 Å². The van der Waals surface area contributed by atoms with Crippen molar-refractivity contribution < 1.29 is 0 Å². The fourth-order valence-corrected chi connectivity index (χ4v) is 3.22. The van der Waals surface area contributed by atoms with Gasteiger partial charge in [-0.2, -0.15) is 0 Å². The van der Waals surface area contributed by atoms with Gasteiger partial charge in [0.25, 0.3) is 0 Å². The first-order valence-electron chi connectivity index (χ1n) is 6.60. The lowest BCUT2D eigenvalue weighted by atomic mass is 10.0. The number of hydrogen-bond donors (Lipinski definition) is 1. The van der Waals surface area contributed by atoms with Gasteiger partial charge in [0.1, 0.15) is 0 Å². The Labute approximate surface area is 123 Å². The van der Waals surface area contributed by atoms with E-state index in [2.05, 4.69) is 43.2 Å². The van der Waals surface area contributed by atoms with Gasteiger partial charge in [-0.25, -0.2) is 4.68 Å². The first-order valence-corrected chi connectivity index (χ1v) is 6.98. The Bertz CT molecular complexity index is 660. The van der Waals surface area contributed by atoms with Crippen LogP contribution in [0, 0.1) is 10.8 Å². The van der Waals surface area contributed by atoms with Crippen molar-refractivity contribution in [2.75, 3.05) is 5.73 Å². The monoisotopic (exact) mass is 291 g/mol. The lowest BCUT2D eigenvalue weighted by Gasteiger charge is -2.09. The van der Waals surface area contributed by atoms with Crippen molar-refractivity contribution in [1.29, 1.82) is 0 Å². The number of rotatable bonds is 2. The van der Waals surface area contributed by atoms with Gasteiger partial charge in [-0.1, -0.05) is 45.4 Å². The zero-order chi connectivity index (χ0) is 14.7. The van der Waals surface area contributed by atoms with E-state index in [9.17, 15) is 0 Å². The van der Waals surface area contributed by atoms with Crippen LogP contribution in [0.3, 0.4) is 0 Å². The zero-order valence-electron chi connectivity index (χ0n) is 12.1. The molecule has 0 amide bonds. The summed E-state index contributed by atoms with van der Waals surface area (Å²) < 4.78 is 1.88. The molecule has 3 rings (SSSR count). The third-order valence-corrected chi connectivity index (χ3v) is 5.31. The average molecular weight is 292 g/mol. The smallest absolute Gasteiger partial charge is 0.184 e. The summed E-state index contributed by atoms with van der Waals surface area (Å²) in [4.78, 5) is 0. The van der Waals surface area contributed by atoms with Crippen LogP contribution in [0.2, 0.25) is 5.02 Å². The molecule has 2 N–H and O–H groups in total. The van der Waals surface area contributed by atoms with Crippen LogP contribution in [0.25, 0.3) is 11.4 Å². The van der Waals surface area contributed by atoms with E-state index in [0.29, 0.717) is 16.5 Å². The minimum atomic E-state index is 0.143. The number of nitrogen functional groups attached to an aromatic ring is 1. The Hall–Kier alpha value is -1.62. The molecule has 1 aliphatic rings. The van der Waals surface area contributed by atoms with E-state index in [1.165, 1.54) is 0 Å². The molecule has 1 aromatic heterocycles. The van der Waals surface area contributed by atoms with Gasteiger partial charge in [0.2, 0.25) is 0 Å². The minimum Gasteiger partial charge on any atom is -0.397 e. The molecule has 20 heavy (non-hydrogen) atoms. The average Bonchev–Trinajstić information content (AvgIpc) is 2.70. The molecule has 0 bridgehead atoms. The molecule has 106 valence electrons. The maximum atomic E-state index is 6.09. The molecule has 0 saturated heterocycles. The van der Waals surface area contributed by atoms with E-state index in [-0.39, 0.29) is 16.9 Å². The van der Waals surface area contributed by atoms with Gasteiger partial charge in [-0.15, -0.1) is 5.10 Å². The fraction of sp³-hybridized carbons (Fsp3) is 0.500. The summed E-state index contributed by atoms with van der Waals surface area (Å²) in [6.45, 7) is 8.91. The van der Waals surface area contributed by atoms with E-state index >= 15 is 0 Å². The van der Waals surface area contributed by atoms with Crippen LogP contribution in [0.5, 0.6) is 0 Å². The Morgan fingerprint density at radius 3 is 2.45 bits per heavy atom. The standard InChI is InChI=1S/C14H18ClN5/c1-13(2)12(14(13,3)4)20-11(17-18-19-20)8-6-5-7-9(15)10(8)16/h5-7,12H,16H2,1-4H3. The van der Waals surface area contributed by atoms with E-state index in [1.807, 2.05) is 16.8 Å². The molecule has 5 nitrogen and oxygen atoms in total. The fourth-order valence-electron chi connectivity index (χ4n) is 3.05. The van der Waals surface area contributed by atoms with Gasteiger partial charge in [0.15, 0.2) is 5.82 Å². The van der Waals surface area contributed by atoms with Gasteiger partial charge < -0.3 is 5.73 Å². The second-order valence-electron chi connectivity index (χ2n) is 6.49. The minimum absolute atomic E-state index is 0.143. The zero-order valence-corrected chi connectivity index (χ0v) is 12.8. The van der Waals surface area contributed by atoms with Crippen molar-refractivity contribution in [3.05, 3.63) is 23.2 Å². The van der Waals surface area contributed by atoms with E-state index in [4.69, 9.17) is 17.3 Å². The highest BCUT2D eigenvalue weighted by Crippen LogP contribution is 2.71. The van der Waals surface area contributed by atoms with Crippen molar-refractivity contribution in [3.8, 4) is 11.4 Å². The number of para-hydroxylation sites is 1. The highest BCUT2D eigenvalue weighted by Gasteiger charge is 2.67. The number of benzene rings is 1. The SMILES string of the molecule is CC1(C)C(n2nnnc2-c2cccc(Cl)c2N)C1(C)C.